The Kier molecular flexibility index (Phi) is 9.18. The van der Waals surface area contributed by atoms with Gasteiger partial charge in [-0.25, -0.2) is 0 Å². The topological polar surface area (TPSA) is 3.24 Å². The van der Waals surface area contributed by atoms with Crippen LogP contribution in [-0.2, 0) is 0 Å². The number of piperidine rings is 1. The minimum Gasteiger partial charge on any atom is -0.303 e. The van der Waals surface area contributed by atoms with Gasteiger partial charge >= 0.3 is 0 Å². The summed E-state index contributed by atoms with van der Waals surface area (Å²) in [7, 11) is 0. The number of likely N-dealkylation sites (tertiary alicyclic amines) is 1. The van der Waals surface area contributed by atoms with Crippen molar-refractivity contribution in [3.63, 3.8) is 0 Å². The van der Waals surface area contributed by atoms with Crippen molar-refractivity contribution in [2.75, 3.05) is 25.5 Å². The van der Waals surface area contributed by atoms with Crippen molar-refractivity contribution in [2.24, 2.45) is 5.92 Å². The van der Waals surface area contributed by atoms with Crippen LogP contribution in [0.1, 0.15) is 64.7 Å². The molecule has 0 aromatic heterocycles. The van der Waals surface area contributed by atoms with Crippen LogP contribution in [0.5, 0.6) is 0 Å². The lowest BCUT2D eigenvalue weighted by Crippen LogP contribution is -2.34. The summed E-state index contributed by atoms with van der Waals surface area (Å²) >= 11 is 5.90. The maximum absolute atomic E-state index is 5.90. The molecule has 2 heteroatoms. The Bertz CT molecular complexity index is 164. The molecule has 1 rings (SSSR count). The van der Waals surface area contributed by atoms with Crippen molar-refractivity contribution in [2.45, 2.75) is 64.7 Å². The molecule has 0 bridgehead atoms. The highest BCUT2D eigenvalue weighted by atomic mass is 35.5. The van der Waals surface area contributed by atoms with Crippen LogP contribution < -0.4 is 0 Å². The summed E-state index contributed by atoms with van der Waals surface area (Å²) in [5, 5.41) is 0. The van der Waals surface area contributed by atoms with E-state index < -0.39 is 0 Å². The average Bonchev–Trinajstić information content (AvgIpc) is 2.38. The second-order valence-electron chi connectivity index (χ2n) is 5.56. The Hall–Kier alpha value is 0.250. The van der Waals surface area contributed by atoms with E-state index in [1.807, 2.05) is 0 Å². The van der Waals surface area contributed by atoms with Crippen LogP contribution in [-0.4, -0.2) is 30.4 Å². The molecule has 0 aromatic rings. The molecule has 1 aliphatic rings. The van der Waals surface area contributed by atoms with Gasteiger partial charge in [-0.3, -0.25) is 0 Å². The van der Waals surface area contributed by atoms with Crippen LogP contribution in [0.4, 0.5) is 0 Å². The van der Waals surface area contributed by atoms with Gasteiger partial charge in [0.25, 0.3) is 0 Å². The molecular weight excluding hydrogens is 230 g/mol. The molecule has 0 unspecified atom stereocenters. The van der Waals surface area contributed by atoms with Gasteiger partial charge in [0.05, 0.1) is 0 Å². The van der Waals surface area contributed by atoms with Gasteiger partial charge in [0.1, 0.15) is 0 Å². The van der Waals surface area contributed by atoms with Gasteiger partial charge in [0, 0.05) is 5.88 Å². The lowest BCUT2D eigenvalue weighted by molar-refractivity contribution is 0.190. The zero-order valence-corrected chi connectivity index (χ0v) is 12.4. The molecule has 1 nitrogen and oxygen atoms in total. The summed E-state index contributed by atoms with van der Waals surface area (Å²) in [6, 6.07) is 0. The highest BCUT2D eigenvalue weighted by Crippen LogP contribution is 2.18. The molecule has 1 fully saturated rings. The molecule has 0 N–H and O–H groups in total. The molecule has 1 saturated heterocycles. The van der Waals surface area contributed by atoms with E-state index in [1.165, 1.54) is 77.4 Å². The fourth-order valence-corrected chi connectivity index (χ4v) is 2.97. The van der Waals surface area contributed by atoms with Gasteiger partial charge in [0.2, 0.25) is 0 Å². The third kappa shape index (κ3) is 7.31. The number of rotatable bonds is 9. The Balaban J connectivity index is 1.87. The van der Waals surface area contributed by atoms with Crippen LogP contribution in [0.2, 0.25) is 0 Å². The van der Waals surface area contributed by atoms with E-state index in [4.69, 9.17) is 11.6 Å². The van der Waals surface area contributed by atoms with E-state index in [1.54, 1.807) is 0 Å². The van der Waals surface area contributed by atoms with E-state index in [9.17, 15) is 0 Å². The van der Waals surface area contributed by atoms with Gasteiger partial charge in [0.15, 0.2) is 0 Å². The zero-order valence-electron chi connectivity index (χ0n) is 11.6. The van der Waals surface area contributed by atoms with Crippen LogP contribution in [0, 0.1) is 5.92 Å². The molecular formula is C15H30ClN. The number of halogens is 1. The van der Waals surface area contributed by atoms with E-state index in [-0.39, 0.29) is 0 Å². The molecule has 102 valence electrons. The number of nitrogens with zero attached hydrogens (tertiary/aromatic N) is 1. The van der Waals surface area contributed by atoms with Gasteiger partial charge in [-0.05, 0) is 44.8 Å². The minimum atomic E-state index is 0.793. The molecule has 17 heavy (non-hydrogen) atoms. The smallest absolute Gasteiger partial charge is 0.0252 e. The quantitative estimate of drug-likeness (QED) is 0.429. The van der Waals surface area contributed by atoms with E-state index in [0.29, 0.717) is 0 Å². The Morgan fingerprint density at radius 1 is 0.941 bits per heavy atom. The number of hydrogen-bond acceptors (Lipinski definition) is 1. The first-order chi connectivity index (χ1) is 8.36. The highest BCUT2D eigenvalue weighted by molar-refractivity contribution is 6.18. The SMILES string of the molecule is CCCCCCCCCN1CCC(CCl)CC1. The van der Waals surface area contributed by atoms with Crippen molar-refractivity contribution >= 4 is 11.6 Å². The van der Waals surface area contributed by atoms with Crippen molar-refractivity contribution in [1.82, 2.24) is 4.90 Å². The predicted octanol–water partition coefficient (Wildman–Crippen LogP) is 4.69. The molecule has 0 saturated carbocycles. The minimum absolute atomic E-state index is 0.793. The van der Waals surface area contributed by atoms with Crippen molar-refractivity contribution in [3.05, 3.63) is 0 Å². The first-order valence-electron chi connectivity index (χ1n) is 7.65. The van der Waals surface area contributed by atoms with E-state index in [2.05, 4.69) is 11.8 Å². The Morgan fingerprint density at radius 2 is 1.53 bits per heavy atom. The average molecular weight is 260 g/mol. The number of alkyl halides is 1. The first kappa shape index (κ1) is 15.3. The van der Waals surface area contributed by atoms with Crippen LogP contribution >= 0.6 is 11.6 Å². The summed E-state index contributed by atoms with van der Waals surface area (Å²) in [6.45, 7) is 6.17. The third-order valence-electron chi connectivity index (χ3n) is 4.00. The normalized spacial score (nSPS) is 18.7. The van der Waals surface area contributed by atoms with Gasteiger partial charge in [-0.1, -0.05) is 45.4 Å². The van der Waals surface area contributed by atoms with E-state index >= 15 is 0 Å². The first-order valence-corrected chi connectivity index (χ1v) is 8.18. The lowest BCUT2D eigenvalue weighted by Gasteiger charge is -2.30. The highest BCUT2D eigenvalue weighted by Gasteiger charge is 2.17. The molecule has 1 heterocycles. The maximum Gasteiger partial charge on any atom is 0.0252 e. The fourth-order valence-electron chi connectivity index (χ4n) is 2.66. The Labute approximate surface area is 113 Å². The molecule has 0 aromatic carbocycles. The summed E-state index contributed by atoms with van der Waals surface area (Å²) < 4.78 is 0. The molecule has 0 aliphatic carbocycles. The Morgan fingerprint density at radius 3 is 2.12 bits per heavy atom. The summed E-state index contributed by atoms with van der Waals surface area (Å²) in [6.07, 6.45) is 12.6. The molecule has 0 radical (unpaired) electrons. The van der Waals surface area contributed by atoms with E-state index in [0.717, 1.165) is 11.8 Å². The van der Waals surface area contributed by atoms with Crippen LogP contribution in [0.3, 0.4) is 0 Å². The molecule has 0 amide bonds. The number of hydrogen-bond donors (Lipinski definition) is 0. The van der Waals surface area contributed by atoms with Crippen LogP contribution in [0.25, 0.3) is 0 Å². The summed E-state index contributed by atoms with van der Waals surface area (Å²) in [4.78, 5) is 2.63. The second-order valence-corrected chi connectivity index (χ2v) is 5.87. The molecule has 1 aliphatic heterocycles. The van der Waals surface area contributed by atoms with Crippen molar-refractivity contribution in [1.29, 1.82) is 0 Å². The maximum atomic E-state index is 5.90. The van der Waals surface area contributed by atoms with Crippen molar-refractivity contribution in [3.8, 4) is 0 Å². The van der Waals surface area contributed by atoms with Gasteiger partial charge in [-0.2, -0.15) is 0 Å². The largest absolute Gasteiger partial charge is 0.303 e. The second kappa shape index (κ2) is 10.2. The van der Waals surface area contributed by atoms with Gasteiger partial charge < -0.3 is 4.90 Å². The molecule has 0 spiro atoms. The number of unbranched alkanes of at least 4 members (excludes halogenated alkanes) is 6. The fraction of sp³-hybridized carbons (Fsp3) is 1.00. The summed E-state index contributed by atoms with van der Waals surface area (Å²) in [5.74, 6) is 1.66. The zero-order chi connectivity index (χ0) is 12.3. The monoisotopic (exact) mass is 259 g/mol. The standard InChI is InChI=1S/C15H30ClN/c1-2-3-4-5-6-7-8-11-17-12-9-15(14-16)10-13-17/h15H,2-14H2,1H3. The summed E-state index contributed by atoms with van der Waals surface area (Å²) in [5.41, 5.74) is 0. The van der Waals surface area contributed by atoms with Crippen molar-refractivity contribution < 1.29 is 0 Å². The van der Waals surface area contributed by atoms with Crippen LogP contribution in [0.15, 0.2) is 0 Å². The predicted molar refractivity (Wildman–Crippen MR) is 77.9 cm³/mol. The van der Waals surface area contributed by atoms with Gasteiger partial charge in [-0.15, -0.1) is 11.6 Å². The lowest BCUT2D eigenvalue weighted by atomic mass is 9.99. The molecule has 0 atom stereocenters. The third-order valence-corrected chi connectivity index (χ3v) is 4.44.